The van der Waals surface area contributed by atoms with Crippen LogP contribution < -0.4 is 31.3 Å². The van der Waals surface area contributed by atoms with Gasteiger partial charge in [0, 0.05) is 36.6 Å². The molecular weight excluding hydrogens is 576 g/mol. The molecule has 0 aliphatic carbocycles. The van der Waals surface area contributed by atoms with Crippen molar-refractivity contribution < 1.29 is 17.9 Å². The number of methoxy groups -OCH3 is 1. The first-order chi connectivity index (χ1) is 21.4. The molecule has 0 radical (unpaired) electrons. The van der Waals surface area contributed by atoms with Crippen molar-refractivity contribution in [2.45, 2.75) is 42.9 Å². The van der Waals surface area contributed by atoms with E-state index in [9.17, 15) is 13.2 Å². The molecule has 5 N–H and O–H groups in total. The Hall–Kier alpha value is -4.16. The van der Waals surface area contributed by atoms with Crippen LogP contribution in [0.1, 0.15) is 29.5 Å². The van der Waals surface area contributed by atoms with Crippen LogP contribution in [0.25, 0.3) is 5.70 Å². The Balaban J connectivity index is 1.25. The molecule has 11 heteroatoms. The minimum atomic E-state index is -3.80. The van der Waals surface area contributed by atoms with Crippen LogP contribution in [0, 0.1) is 0 Å². The minimum absolute atomic E-state index is 0.0832. The molecule has 1 unspecified atom stereocenters. The number of nitrogens with two attached hydrogens (primary N) is 1. The quantitative estimate of drug-likeness (QED) is 0.275. The lowest BCUT2D eigenvalue weighted by atomic mass is 10.1. The number of nitrogens with one attached hydrogen (secondary N) is 3. The number of anilines is 1. The number of ether oxygens (including phenoxy) is 1. The van der Waals surface area contributed by atoms with E-state index in [0.717, 1.165) is 65.3 Å². The summed E-state index contributed by atoms with van der Waals surface area (Å²) in [7, 11) is -2.17. The van der Waals surface area contributed by atoms with Crippen molar-refractivity contribution in [3.05, 3.63) is 107 Å². The second-order valence-electron chi connectivity index (χ2n) is 11.2. The lowest BCUT2D eigenvalue weighted by molar-refractivity contribution is 0.244. The van der Waals surface area contributed by atoms with Gasteiger partial charge in [0.2, 0.25) is 10.0 Å². The van der Waals surface area contributed by atoms with Gasteiger partial charge in [0.1, 0.15) is 11.9 Å². The minimum Gasteiger partial charge on any atom is -0.497 e. The van der Waals surface area contributed by atoms with E-state index < -0.39 is 16.2 Å². The summed E-state index contributed by atoms with van der Waals surface area (Å²) in [6.45, 7) is 2.38. The molecule has 1 atom stereocenters. The maximum absolute atomic E-state index is 14.2. The first-order valence-corrected chi connectivity index (χ1v) is 16.3. The van der Waals surface area contributed by atoms with E-state index in [0.29, 0.717) is 19.5 Å². The summed E-state index contributed by atoms with van der Waals surface area (Å²) in [5.74, 6) is 0.771. The molecule has 44 heavy (non-hydrogen) atoms. The first-order valence-electron chi connectivity index (χ1n) is 14.9. The van der Waals surface area contributed by atoms with Crippen molar-refractivity contribution in [1.82, 2.24) is 20.3 Å². The summed E-state index contributed by atoms with van der Waals surface area (Å²) in [5, 5.41) is 9.68. The predicted octanol–water partition coefficient (Wildman–Crippen LogP) is 3.52. The highest BCUT2D eigenvalue weighted by molar-refractivity contribution is 7.89. The third kappa shape index (κ3) is 6.22. The van der Waals surface area contributed by atoms with Crippen molar-refractivity contribution in [2.24, 2.45) is 5.73 Å². The molecule has 6 rings (SSSR count). The van der Waals surface area contributed by atoms with E-state index in [2.05, 4.69) is 16.0 Å². The number of urea groups is 1. The fraction of sp³-hybridized carbons (Fsp3) is 0.303. The molecule has 3 aliphatic heterocycles. The number of fused-ring (bicyclic) bond motifs is 1. The highest BCUT2D eigenvalue weighted by Crippen LogP contribution is 2.30. The van der Waals surface area contributed by atoms with E-state index in [-0.39, 0.29) is 17.0 Å². The molecule has 0 bridgehead atoms. The largest absolute Gasteiger partial charge is 0.497 e. The summed E-state index contributed by atoms with van der Waals surface area (Å²) in [4.78, 5) is 14.7. The molecular formula is C33H38N6O4S. The van der Waals surface area contributed by atoms with Crippen molar-refractivity contribution in [2.75, 3.05) is 31.6 Å². The third-order valence-corrected chi connectivity index (χ3v) is 10.4. The van der Waals surface area contributed by atoms with Gasteiger partial charge in [-0.25, -0.2) is 13.2 Å². The highest BCUT2D eigenvalue weighted by Gasteiger charge is 2.34. The lowest BCUT2D eigenvalue weighted by Gasteiger charge is -2.34. The van der Waals surface area contributed by atoms with Crippen LogP contribution in [-0.4, -0.2) is 57.7 Å². The van der Waals surface area contributed by atoms with E-state index >= 15 is 0 Å². The van der Waals surface area contributed by atoms with Crippen LogP contribution in [-0.2, 0) is 23.0 Å². The fourth-order valence-electron chi connectivity index (χ4n) is 5.90. The molecule has 10 nitrogen and oxygen atoms in total. The van der Waals surface area contributed by atoms with Gasteiger partial charge in [-0.05, 0) is 91.5 Å². The van der Waals surface area contributed by atoms with E-state index in [4.69, 9.17) is 10.5 Å². The zero-order valence-corrected chi connectivity index (χ0v) is 25.5. The second kappa shape index (κ2) is 12.8. The van der Waals surface area contributed by atoms with Gasteiger partial charge in [-0.2, -0.15) is 4.31 Å². The Morgan fingerprint density at radius 1 is 0.977 bits per heavy atom. The van der Waals surface area contributed by atoms with E-state index in [1.54, 1.807) is 40.7 Å². The maximum atomic E-state index is 14.2. The summed E-state index contributed by atoms with van der Waals surface area (Å²) in [5.41, 5.74) is 10.8. The van der Waals surface area contributed by atoms with Crippen LogP contribution in [0.3, 0.4) is 0 Å². The van der Waals surface area contributed by atoms with Gasteiger partial charge in [-0.1, -0.05) is 36.4 Å². The second-order valence-corrected chi connectivity index (χ2v) is 13.1. The number of nitrogens with zero attached hydrogens (tertiary/aromatic N) is 2. The number of benzene rings is 3. The van der Waals surface area contributed by atoms with Crippen molar-refractivity contribution in [3.63, 3.8) is 0 Å². The fourth-order valence-corrected chi connectivity index (χ4v) is 7.63. The van der Waals surface area contributed by atoms with Crippen LogP contribution >= 0.6 is 0 Å². The number of sulfonamides is 1. The predicted molar refractivity (Wildman–Crippen MR) is 171 cm³/mol. The highest BCUT2D eigenvalue weighted by atomic mass is 32.2. The lowest BCUT2D eigenvalue weighted by Crippen LogP contribution is -2.51. The number of hydrogen-bond donors (Lipinski definition) is 4. The molecule has 230 valence electrons. The molecule has 3 aromatic rings. The van der Waals surface area contributed by atoms with Crippen molar-refractivity contribution >= 4 is 27.4 Å². The van der Waals surface area contributed by atoms with Gasteiger partial charge in [0.05, 0.1) is 17.7 Å². The molecule has 3 heterocycles. The monoisotopic (exact) mass is 614 g/mol. The number of hydrogen-bond acceptors (Lipinski definition) is 7. The van der Waals surface area contributed by atoms with Gasteiger partial charge in [0.15, 0.2) is 0 Å². The molecule has 1 fully saturated rings. The number of rotatable bonds is 10. The zero-order chi connectivity index (χ0) is 30.7. The van der Waals surface area contributed by atoms with E-state index in [1.807, 2.05) is 60.7 Å². The van der Waals surface area contributed by atoms with Crippen molar-refractivity contribution in [1.29, 1.82) is 0 Å². The Kier molecular flexibility index (Phi) is 8.72. The van der Waals surface area contributed by atoms with Gasteiger partial charge in [-0.3, -0.25) is 4.90 Å². The maximum Gasteiger partial charge on any atom is 0.327 e. The molecule has 1 saturated heterocycles. The van der Waals surface area contributed by atoms with Gasteiger partial charge in [0.25, 0.3) is 0 Å². The van der Waals surface area contributed by atoms with Crippen molar-refractivity contribution in [3.8, 4) is 5.75 Å². The van der Waals surface area contributed by atoms with Crippen LogP contribution in [0.5, 0.6) is 5.75 Å². The van der Waals surface area contributed by atoms with Crippen LogP contribution in [0.2, 0.25) is 0 Å². The molecule has 3 aromatic carbocycles. The third-order valence-electron chi connectivity index (χ3n) is 8.41. The average Bonchev–Trinajstić information content (AvgIpc) is 3.48. The average molecular weight is 615 g/mol. The zero-order valence-electron chi connectivity index (χ0n) is 24.7. The van der Waals surface area contributed by atoms with Crippen LogP contribution in [0.15, 0.2) is 95.5 Å². The van der Waals surface area contributed by atoms with Crippen LogP contribution in [0.4, 0.5) is 10.5 Å². The Morgan fingerprint density at radius 3 is 2.41 bits per heavy atom. The standard InChI is InChI=1S/C33H38N6O4S/c1-43-29-11-7-23(8-12-29)15-18-39(28-13-16-35-17-14-28)44(41,42)30-4-2-3-25(19-30)31-20-26-22-38(33(40)37-32(26)36-31)27-9-5-24(21-34)6-10-27/h2-12,19-20,22,28,32,35-36H,13-18,21,34H2,1H3,(H,37,40). The Bertz CT molecular complexity index is 1670. The van der Waals surface area contributed by atoms with Gasteiger partial charge < -0.3 is 26.4 Å². The number of carbonyl (C=O) groups excluding carboxylic acids is 1. The number of piperidine rings is 1. The Morgan fingerprint density at radius 2 is 1.70 bits per heavy atom. The summed E-state index contributed by atoms with van der Waals surface area (Å²) >= 11 is 0. The number of amides is 2. The number of carbonyl (C=O) groups is 1. The smallest absolute Gasteiger partial charge is 0.327 e. The normalized spacial score (nSPS) is 18.8. The Labute approximate surface area is 258 Å². The molecule has 3 aliphatic rings. The molecule has 2 amide bonds. The molecule has 0 saturated carbocycles. The summed E-state index contributed by atoms with van der Waals surface area (Å²) in [6.07, 6.45) is 5.46. The summed E-state index contributed by atoms with van der Waals surface area (Å²) in [6, 6.07) is 22.0. The topological polar surface area (TPSA) is 129 Å². The molecule has 0 spiro atoms. The van der Waals surface area contributed by atoms with E-state index in [1.165, 1.54) is 0 Å². The van der Waals surface area contributed by atoms with Gasteiger partial charge >= 0.3 is 6.03 Å². The summed E-state index contributed by atoms with van der Waals surface area (Å²) < 4.78 is 35.4. The molecule has 0 aromatic heterocycles. The SMILES string of the molecule is COc1ccc(CCN(C2CCNCC2)S(=O)(=O)c2cccc(C3=CC4=CN(c5ccc(CN)cc5)C(=O)NC4N3)c2)cc1. The van der Waals surface area contributed by atoms with Gasteiger partial charge in [-0.15, -0.1) is 0 Å². The first kappa shape index (κ1) is 29.9.